The molecule has 0 fully saturated rings. The molecule has 0 saturated heterocycles. The molecule has 4 rings (SSSR count). The largest absolute Gasteiger partial charge is 0.326 e. The standard InChI is InChI=1S/C22H19FN2O2S/c23-17-7-5-15(6-8-17)13-21(26)24-18-9-10-19-16(14-18)3-1-11-25(19)22(27)20-4-2-12-28-20/h2,4-10,12,14H,1,3,11,13H2,(H,24,26). The summed E-state index contributed by atoms with van der Waals surface area (Å²) in [7, 11) is 0. The molecular weight excluding hydrogens is 375 g/mol. The second kappa shape index (κ2) is 7.94. The summed E-state index contributed by atoms with van der Waals surface area (Å²) in [6.45, 7) is 0.694. The van der Waals surface area contributed by atoms with Crippen LogP contribution in [-0.4, -0.2) is 18.4 Å². The fraction of sp³-hybridized carbons (Fsp3) is 0.182. The fourth-order valence-corrected chi connectivity index (χ4v) is 4.08. The molecule has 2 amide bonds. The van der Waals surface area contributed by atoms with Gasteiger partial charge in [-0.1, -0.05) is 18.2 Å². The van der Waals surface area contributed by atoms with Gasteiger partial charge in [-0.3, -0.25) is 9.59 Å². The topological polar surface area (TPSA) is 49.4 Å². The lowest BCUT2D eigenvalue weighted by atomic mass is 10.0. The highest BCUT2D eigenvalue weighted by Crippen LogP contribution is 2.31. The van der Waals surface area contributed by atoms with Crippen LogP contribution >= 0.6 is 11.3 Å². The van der Waals surface area contributed by atoms with Crippen LogP contribution in [0.15, 0.2) is 60.0 Å². The zero-order valence-electron chi connectivity index (χ0n) is 15.2. The molecule has 0 aliphatic carbocycles. The summed E-state index contributed by atoms with van der Waals surface area (Å²) in [4.78, 5) is 27.6. The minimum atomic E-state index is -0.319. The second-order valence-electron chi connectivity index (χ2n) is 6.73. The van der Waals surface area contributed by atoms with Gasteiger partial charge in [-0.2, -0.15) is 0 Å². The molecule has 3 aromatic rings. The van der Waals surface area contributed by atoms with Gasteiger partial charge in [0.1, 0.15) is 5.82 Å². The van der Waals surface area contributed by atoms with Crippen molar-refractivity contribution in [1.29, 1.82) is 0 Å². The third-order valence-corrected chi connectivity index (χ3v) is 5.59. The van der Waals surface area contributed by atoms with Crippen molar-refractivity contribution in [3.8, 4) is 0 Å². The molecule has 0 spiro atoms. The summed E-state index contributed by atoms with van der Waals surface area (Å²) in [6, 6.07) is 15.3. The summed E-state index contributed by atoms with van der Waals surface area (Å²) in [5, 5.41) is 4.79. The Morgan fingerprint density at radius 1 is 1.11 bits per heavy atom. The van der Waals surface area contributed by atoms with Crippen LogP contribution in [0.1, 0.15) is 27.2 Å². The molecule has 2 aromatic carbocycles. The number of amides is 2. The first-order valence-electron chi connectivity index (χ1n) is 9.13. The van der Waals surface area contributed by atoms with Crippen LogP contribution in [0.2, 0.25) is 0 Å². The normalized spacial score (nSPS) is 13.1. The Bertz CT molecular complexity index is 1000. The summed E-state index contributed by atoms with van der Waals surface area (Å²) < 4.78 is 13.0. The minimum Gasteiger partial charge on any atom is -0.326 e. The highest BCUT2D eigenvalue weighted by molar-refractivity contribution is 7.12. The molecule has 28 heavy (non-hydrogen) atoms. The van der Waals surface area contributed by atoms with E-state index < -0.39 is 0 Å². The summed E-state index contributed by atoms with van der Waals surface area (Å²) >= 11 is 1.44. The summed E-state index contributed by atoms with van der Waals surface area (Å²) in [5.74, 6) is -0.460. The van der Waals surface area contributed by atoms with Gasteiger partial charge in [0, 0.05) is 17.9 Å². The van der Waals surface area contributed by atoms with Crippen LogP contribution < -0.4 is 10.2 Å². The SMILES string of the molecule is O=C(Cc1ccc(F)cc1)Nc1ccc2c(c1)CCCN2C(=O)c1cccs1. The highest BCUT2D eigenvalue weighted by Gasteiger charge is 2.24. The number of hydrogen-bond donors (Lipinski definition) is 1. The first-order chi connectivity index (χ1) is 13.6. The first kappa shape index (κ1) is 18.4. The van der Waals surface area contributed by atoms with Crippen molar-refractivity contribution in [3.63, 3.8) is 0 Å². The highest BCUT2D eigenvalue weighted by atomic mass is 32.1. The van der Waals surface area contributed by atoms with Crippen molar-refractivity contribution in [1.82, 2.24) is 0 Å². The van der Waals surface area contributed by atoms with Gasteiger partial charge < -0.3 is 10.2 Å². The van der Waals surface area contributed by atoms with Crippen molar-refractivity contribution >= 4 is 34.5 Å². The van der Waals surface area contributed by atoms with Gasteiger partial charge in [0.2, 0.25) is 5.91 Å². The molecule has 0 bridgehead atoms. The Morgan fingerprint density at radius 3 is 2.68 bits per heavy atom. The van der Waals surface area contributed by atoms with Crippen LogP contribution in [0.25, 0.3) is 0 Å². The Labute approximate surface area is 166 Å². The number of anilines is 2. The molecule has 0 atom stereocenters. The number of fused-ring (bicyclic) bond motifs is 1. The molecule has 2 heterocycles. The average molecular weight is 394 g/mol. The lowest BCUT2D eigenvalue weighted by molar-refractivity contribution is -0.115. The Kier molecular flexibility index (Phi) is 5.21. The number of nitrogens with zero attached hydrogens (tertiary/aromatic N) is 1. The lowest BCUT2D eigenvalue weighted by Gasteiger charge is -2.29. The maximum atomic E-state index is 13.0. The molecular formula is C22H19FN2O2S. The maximum Gasteiger partial charge on any atom is 0.268 e. The van der Waals surface area contributed by atoms with E-state index in [0.717, 1.165) is 34.5 Å². The third-order valence-electron chi connectivity index (χ3n) is 4.74. The molecule has 0 radical (unpaired) electrons. The average Bonchev–Trinajstić information content (AvgIpc) is 3.23. The molecule has 6 heteroatoms. The van der Waals surface area contributed by atoms with E-state index in [1.165, 1.54) is 23.5 Å². The molecule has 142 valence electrons. The smallest absolute Gasteiger partial charge is 0.268 e. The molecule has 1 N–H and O–H groups in total. The second-order valence-corrected chi connectivity index (χ2v) is 7.68. The Hall–Kier alpha value is -2.99. The summed E-state index contributed by atoms with van der Waals surface area (Å²) in [6.07, 6.45) is 1.93. The number of benzene rings is 2. The zero-order chi connectivity index (χ0) is 19.5. The predicted molar refractivity (Wildman–Crippen MR) is 109 cm³/mol. The van der Waals surface area contributed by atoms with E-state index in [1.54, 1.807) is 12.1 Å². The van der Waals surface area contributed by atoms with E-state index >= 15 is 0 Å². The molecule has 1 aliphatic heterocycles. The number of halogens is 1. The number of rotatable bonds is 4. The van der Waals surface area contributed by atoms with Gasteiger partial charge in [-0.15, -0.1) is 11.3 Å². The van der Waals surface area contributed by atoms with Crippen LogP contribution in [0, 0.1) is 5.82 Å². The molecule has 4 nitrogen and oxygen atoms in total. The van der Waals surface area contributed by atoms with Crippen molar-refractivity contribution < 1.29 is 14.0 Å². The minimum absolute atomic E-state index is 0.0176. The maximum absolute atomic E-state index is 13.0. The zero-order valence-corrected chi connectivity index (χ0v) is 16.0. The number of aryl methyl sites for hydroxylation is 1. The number of carbonyl (C=O) groups excluding carboxylic acids is 2. The number of nitrogens with one attached hydrogen (secondary N) is 1. The fourth-order valence-electron chi connectivity index (χ4n) is 3.41. The van der Waals surface area contributed by atoms with Gasteiger partial charge in [0.15, 0.2) is 0 Å². The monoisotopic (exact) mass is 394 g/mol. The third kappa shape index (κ3) is 3.97. The van der Waals surface area contributed by atoms with Gasteiger partial charge in [0.05, 0.1) is 11.3 Å². The number of hydrogen-bond acceptors (Lipinski definition) is 3. The van der Waals surface area contributed by atoms with E-state index in [-0.39, 0.29) is 24.1 Å². The molecule has 1 aromatic heterocycles. The van der Waals surface area contributed by atoms with Gasteiger partial charge in [-0.05, 0) is 65.7 Å². The summed E-state index contributed by atoms with van der Waals surface area (Å²) in [5.41, 5.74) is 3.41. The van der Waals surface area contributed by atoms with Gasteiger partial charge in [-0.25, -0.2) is 4.39 Å². The van der Waals surface area contributed by atoms with E-state index in [0.29, 0.717) is 12.2 Å². The number of carbonyl (C=O) groups is 2. The van der Waals surface area contributed by atoms with Crippen molar-refractivity contribution in [2.24, 2.45) is 0 Å². The Morgan fingerprint density at radius 2 is 1.93 bits per heavy atom. The van der Waals surface area contributed by atoms with Crippen LogP contribution in [-0.2, 0) is 17.6 Å². The van der Waals surface area contributed by atoms with E-state index in [9.17, 15) is 14.0 Å². The molecule has 0 unspecified atom stereocenters. The van der Waals surface area contributed by atoms with Crippen molar-refractivity contribution in [2.45, 2.75) is 19.3 Å². The van der Waals surface area contributed by atoms with Crippen LogP contribution in [0.5, 0.6) is 0 Å². The number of thiophene rings is 1. The molecule has 1 aliphatic rings. The van der Waals surface area contributed by atoms with Crippen LogP contribution in [0.3, 0.4) is 0 Å². The lowest BCUT2D eigenvalue weighted by Crippen LogP contribution is -2.35. The van der Waals surface area contributed by atoms with Gasteiger partial charge in [0.25, 0.3) is 5.91 Å². The van der Waals surface area contributed by atoms with E-state index in [2.05, 4.69) is 5.32 Å². The quantitative estimate of drug-likeness (QED) is 0.700. The molecule has 0 saturated carbocycles. The van der Waals surface area contributed by atoms with E-state index in [4.69, 9.17) is 0 Å². The first-order valence-corrected chi connectivity index (χ1v) is 10.0. The van der Waals surface area contributed by atoms with Gasteiger partial charge >= 0.3 is 0 Å². The van der Waals surface area contributed by atoms with E-state index in [1.807, 2.05) is 40.6 Å². The van der Waals surface area contributed by atoms with Crippen molar-refractivity contribution in [2.75, 3.05) is 16.8 Å². The van der Waals surface area contributed by atoms with Crippen molar-refractivity contribution in [3.05, 3.63) is 81.8 Å². The predicted octanol–water partition coefficient (Wildman–Crippen LogP) is 4.66. The Balaban J connectivity index is 1.48. The van der Waals surface area contributed by atoms with Crippen LogP contribution in [0.4, 0.5) is 15.8 Å².